The molecule has 0 spiro atoms. The van der Waals surface area contributed by atoms with Gasteiger partial charge in [0.2, 0.25) is 5.82 Å². The topological polar surface area (TPSA) is 47.0 Å². The molecule has 0 unspecified atom stereocenters. The zero-order valence-corrected chi connectivity index (χ0v) is 9.72. The summed E-state index contributed by atoms with van der Waals surface area (Å²) in [5.41, 5.74) is 0.557. The number of benzene rings is 1. The molecule has 4 nitrogen and oxygen atoms in total. The lowest BCUT2D eigenvalue weighted by Gasteiger charge is -2.06. The summed E-state index contributed by atoms with van der Waals surface area (Å²) in [6.45, 7) is 0.0348. The number of anilines is 1. The summed E-state index contributed by atoms with van der Waals surface area (Å²) in [4.78, 5) is 0. The molecule has 0 bridgehead atoms. The first-order valence-corrected chi connectivity index (χ1v) is 5.55. The molecular formula is C10H9F2N3OS. The van der Waals surface area contributed by atoms with Crippen LogP contribution in [0.1, 0.15) is 5.69 Å². The molecule has 0 saturated heterocycles. The molecule has 7 heteroatoms. The van der Waals surface area contributed by atoms with Crippen LogP contribution in [-0.2, 0) is 6.61 Å². The Morgan fingerprint density at radius 1 is 1.41 bits per heavy atom. The van der Waals surface area contributed by atoms with Crippen molar-refractivity contribution in [1.82, 2.24) is 9.59 Å². The van der Waals surface area contributed by atoms with E-state index in [4.69, 9.17) is 4.74 Å². The second-order valence-electron chi connectivity index (χ2n) is 3.14. The van der Waals surface area contributed by atoms with Crippen LogP contribution in [0.4, 0.5) is 13.8 Å². The maximum absolute atomic E-state index is 13.3. The van der Waals surface area contributed by atoms with Crippen LogP contribution in [0.5, 0.6) is 5.75 Å². The van der Waals surface area contributed by atoms with Crippen molar-refractivity contribution in [2.24, 2.45) is 0 Å². The third kappa shape index (κ3) is 2.50. The largest absolute Gasteiger partial charge is 0.484 e. The van der Waals surface area contributed by atoms with Gasteiger partial charge >= 0.3 is 0 Å². The van der Waals surface area contributed by atoms with Crippen LogP contribution in [-0.4, -0.2) is 16.6 Å². The highest BCUT2D eigenvalue weighted by atomic mass is 32.1. The fourth-order valence-corrected chi connectivity index (χ4v) is 1.75. The smallest absolute Gasteiger partial charge is 0.200 e. The monoisotopic (exact) mass is 257 g/mol. The van der Waals surface area contributed by atoms with Crippen LogP contribution >= 0.6 is 11.5 Å². The predicted octanol–water partition coefficient (Wildman–Crippen LogP) is 2.44. The van der Waals surface area contributed by atoms with Crippen molar-refractivity contribution >= 4 is 16.5 Å². The van der Waals surface area contributed by atoms with Crippen molar-refractivity contribution in [3.8, 4) is 5.75 Å². The van der Waals surface area contributed by atoms with Gasteiger partial charge in [0, 0.05) is 18.6 Å². The number of aromatic nitrogens is 2. The van der Waals surface area contributed by atoms with E-state index >= 15 is 0 Å². The van der Waals surface area contributed by atoms with E-state index in [-0.39, 0.29) is 12.4 Å². The van der Waals surface area contributed by atoms with Gasteiger partial charge in [-0.2, -0.15) is 4.39 Å². The van der Waals surface area contributed by atoms with E-state index in [0.717, 1.165) is 11.1 Å². The van der Waals surface area contributed by atoms with Gasteiger partial charge in [-0.15, -0.1) is 5.10 Å². The predicted molar refractivity (Wildman–Crippen MR) is 60.1 cm³/mol. The molecule has 2 aromatic rings. The van der Waals surface area contributed by atoms with Gasteiger partial charge in [0.1, 0.15) is 17.3 Å². The summed E-state index contributed by atoms with van der Waals surface area (Å²) >= 11 is 1.17. The Balaban J connectivity index is 2.10. The zero-order chi connectivity index (χ0) is 12.3. The van der Waals surface area contributed by atoms with E-state index in [1.165, 1.54) is 23.7 Å². The summed E-state index contributed by atoms with van der Waals surface area (Å²) in [6, 6.07) is 3.77. The number of nitrogens with zero attached hydrogens (tertiary/aromatic N) is 2. The molecule has 17 heavy (non-hydrogen) atoms. The molecule has 0 saturated carbocycles. The third-order valence-electron chi connectivity index (χ3n) is 2.06. The molecule has 0 aliphatic heterocycles. The Hall–Kier alpha value is -1.76. The molecule has 0 atom stereocenters. The molecule has 1 aromatic heterocycles. The quantitative estimate of drug-likeness (QED) is 0.913. The normalized spacial score (nSPS) is 10.3. The first kappa shape index (κ1) is 11.7. The molecule has 0 aliphatic rings. The van der Waals surface area contributed by atoms with Gasteiger partial charge in [0.05, 0.1) is 0 Å². The average Bonchev–Trinajstić information content (AvgIpc) is 2.78. The molecule has 2 rings (SSSR count). The summed E-state index contributed by atoms with van der Waals surface area (Å²) in [6.07, 6.45) is 0. The van der Waals surface area contributed by atoms with Gasteiger partial charge in [-0.25, -0.2) is 4.39 Å². The SMILES string of the molecule is CNc1snnc1COc1cccc(F)c1F. The standard InChI is InChI=1S/C10H9F2N3OS/c1-13-10-7(14-15-17-10)5-16-8-4-2-3-6(11)9(8)12/h2-4,13H,5H2,1H3. The molecule has 0 radical (unpaired) electrons. The van der Waals surface area contributed by atoms with E-state index in [0.29, 0.717) is 5.69 Å². The Morgan fingerprint density at radius 2 is 2.24 bits per heavy atom. The summed E-state index contributed by atoms with van der Waals surface area (Å²) in [5.74, 6) is -2.07. The van der Waals surface area contributed by atoms with Gasteiger partial charge in [-0.05, 0) is 12.1 Å². The molecule has 1 aromatic carbocycles. The van der Waals surface area contributed by atoms with Gasteiger partial charge in [-0.3, -0.25) is 0 Å². The van der Waals surface area contributed by atoms with Crippen molar-refractivity contribution in [2.75, 3.05) is 12.4 Å². The minimum absolute atomic E-state index is 0.0348. The second-order valence-corrected chi connectivity index (χ2v) is 3.89. The number of hydrogen-bond acceptors (Lipinski definition) is 5. The highest BCUT2D eigenvalue weighted by Gasteiger charge is 2.11. The number of rotatable bonds is 4. The average molecular weight is 257 g/mol. The van der Waals surface area contributed by atoms with Crippen LogP contribution in [0.15, 0.2) is 18.2 Å². The highest BCUT2D eigenvalue weighted by Crippen LogP contribution is 2.22. The van der Waals surface area contributed by atoms with Crippen molar-refractivity contribution in [3.05, 3.63) is 35.5 Å². The van der Waals surface area contributed by atoms with E-state index in [1.54, 1.807) is 7.05 Å². The van der Waals surface area contributed by atoms with E-state index in [2.05, 4.69) is 14.9 Å². The fraction of sp³-hybridized carbons (Fsp3) is 0.200. The molecule has 0 amide bonds. The lowest BCUT2D eigenvalue weighted by atomic mass is 10.3. The van der Waals surface area contributed by atoms with Crippen LogP contribution < -0.4 is 10.1 Å². The van der Waals surface area contributed by atoms with Gasteiger partial charge in [0.25, 0.3) is 0 Å². The Labute approximate surface area is 100 Å². The maximum Gasteiger partial charge on any atom is 0.200 e. The van der Waals surface area contributed by atoms with Crippen molar-refractivity contribution < 1.29 is 13.5 Å². The van der Waals surface area contributed by atoms with E-state index in [1.807, 2.05) is 0 Å². The molecule has 1 heterocycles. The van der Waals surface area contributed by atoms with Crippen LogP contribution in [0.25, 0.3) is 0 Å². The van der Waals surface area contributed by atoms with Crippen LogP contribution in [0, 0.1) is 11.6 Å². The third-order valence-corrected chi connectivity index (χ3v) is 2.85. The van der Waals surface area contributed by atoms with Gasteiger partial charge in [-0.1, -0.05) is 10.6 Å². The molecule has 0 fully saturated rings. The van der Waals surface area contributed by atoms with E-state index < -0.39 is 11.6 Å². The fourth-order valence-electron chi connectivity index (χ4n) is 1.23. The number of ether oxygens (including phenoxy) is 1. The number of halogens is 2. The second kappa shape index (κ2) is 5.05. The molecule has 90 valence electrons. The summed E-state index contributed by atoms with van der Waals surface area (Å²) in [7, 11) is 1.72. The molecular weight excluding hydrogens is 248 g/mol. The van der Waals surface area contributed by atoms with Crippen molar-refractivity contribution in [3.63, 3.8) is 0 Å². The van der Waals surface area contributed by atoms with Gasteiger partial charge in [0.15, 0.2) is 11.6 Å². The number of nitrogens with one attached hydrogen (secondary N) is 1. The Bertz CT molecular complexity index is 518. The summed E-state index contributed by atoms with van der Waals surface area (Å²) < 4.78 is 35.0. The van der Waals surface area contributed by atoms with Gasteiger partial charge < -0.3 is 10.1 Å². The molecule has 1 N–H and O–H groups in total. The lowest BCUT2D eigenvalue weighted by molar-refractivity contribution is 0.281. The Morgan fingerprint density at radius 3 is 3.00 bits per heavy atom. The van der Waals surface area contributed by atoms with Crippen LogP contribution in [0.3, 0.4) is 0 Å². The van der Waals surface area contributed by atoms with Crippen LogP contribution in [0.2, 0.25) is 0 Å². The van der Waals surface area contributed by atoms with Crippen molar-refractivity contribution in [1.29, 1.82) is 0 Å². The minimum Gasteiger partial charge on any atom is -0.484 e. The van der Waals surface area contributed by atoms with E-state index in [9.17, 15) is 8.78 Å². The maximum atomic E-state index is 13.3. The first-order chi connectivity index (χ1) is 8.22. The first-order valence-electron chi connectivity index (χ1n) is 4.78. The van der Waals surface area contributed by atoms with Crippen molar-refractivity contribution in [2.45, 2.75) is 6.61 Å². The Kier molecular flexibility index (Phi) is 3.48. The highest BCUT2D eigenvalue weighted by molar-refractivity contribution is 7.10. The lowest BCUT2D eigenvalue weighted by Crippen LogP contribution is -2.01. The minimum atomic E-state index is -0.998. The summed E-state index contributed by atoms with van der Waals surface area (Å²) in [5, 5.41) is 7.44. The molecule has 0 aliphatic carbocycles. The number of hydrogen-bond donors (Lipinski definition) is 1. The zero-order valence-electron chi connectivity index (χ0n) is 8.91.